The summed E-state index contributed by atoms with van der Waals surface area (Å²) in [6.07, 6.45) is 3.59. The standard InChI is InChI=1S/C10H10BrNOS2/c1-7-2-3-13-8(7)5-14-6-10-12-4-9(11)15-10/h2-4H,5-6H2,1H3. The summed E-state index contributed by atoms with van der Waals surface area (Å²) in [5, 5.41) is 1.15. The molecule has 2 nitrogen and oxygen atoms in total. The Labute approximate surface area is 105 Å². The van der Waals surface area contributed by atoms with E-state index in [4.69, 9.17) is 4.42 Å². The highest BCUT2D eigenvalue weighted by atomic mass is 79.9. The fraction of sp³-hybridized carbons (Fsp3) is 0.300. The summed E-state index contributed by atoms with van der Waals surface area (Å²) in [5.74, 6) is 2.92. The molecule has 0 saturated carbocycles. The summed E-state index contributed by atoms with van der Waals surface area (Å²) in [5.41, 5.74) is 1.22. The Kier molecular flexibility index (Phi) is 3.88. The van der Waals surface area contributed by atoms with Crippen LogP contribution in [0.4, 0.5) is 0 Å². The van der Waals surface area contributed by atoms with Gasteiger partial charge in [-0.25, -0.2) is 4.98 Å². The molecule has 0 spiro atoms. The molecule has 0 atom stereocenters. The SMILES string of the molecule is Cc1ccoc1CSCc1ncc(Br)s1. The summed E-state index contributed by atoms with van der Waals surface area (Å²) in [7, 11) is 0. The van der Waals surface area contributed by atoms with Gasteiger partial charge in [0.25, 0.3) is 0 Å². The number of aromatic nitrogens is 1. The maximum atomic E-state index is 5.36. The number of hydrogen-bond donors (Lipinski definition) is 0. The molecule has 0 saturated heterocycles. The number of furan rings is 1. The first-order chi connectivity index (χ1) is 7.25. The minimum Gasteiger partial charge on any atom is -0.468 e. The zero-order chi connectivity index (χ0) is 10.7. The van der Waals surface area contributed by atoms with E-state index in [0.29, 0.717) is 0 Å². The van der Waals surface area contributed by atoms with Crippen LogP contribution in [0.1, 0.15) is 16.3 Å². The molecule has 0 N–H and O–H groups in total. The lowest BCUT2D eigenvalue weighted by Crippen LogP contribution is -1.82. The zero-order valence-corrected chi connectivity index (χ0v) is 11.4. The lowest BCUT2D eigenvalue weighted by atomic mass is 10.3. The number of nitrogens with zero attached hydrogens (tertiary/aromatic N) is 1. The summed E-state index contributed by atoms with van der Waals surface area (Å²) in [6.45, 7) is 2.07. The average Bonchev–Trinajstić information content (AvgIpc) is 2.77. The van der Waals surface area contributed by atoms with Crippen molar-refractivity contribution in [2.75, 3.05) is 0 Å². The predicted molar refractivity (Wildman–Crippen MR) is 68.3 cm³/mol. The second kappa shape index (κ2) is 5.18. The van der Waals surface area contributed by atoms with Gasteiger partial charge in [-0.3, -0.25) is 0 Å². The van der Waals surface area contributed by atoms with E-state index in [9.17, 15) is 0 Å². The van der Waals surface area contributed by atoms with Crippen molar-refractivity contribution in [3.63, 3.8) is 0 Å². The van der Waals surface area contributed by atoms with Gasteiger partial charge in [0, 0.05) is 5.75 Å². The fourth-order valence-electron chi connectivity index (χ4n) is 1.14. The zero-order valence-electron chi connectivity index (χ0n) is 8.20. The monoisotopic (exact) mass is 303 g/mol. The summed E-state index contributed by atoms with van der Waals surface area (Å²) >= 11 is 6.91. The van der Waals surface area contributed by atoms with Crippen LogP contribution in [-0.2, 0) is 11.5 Å². The first kappa shape index (κ1) is 11.2. The van der Waals surface area contributed by atoms with Gasteiger partial charge in [0.05, 0.1) is 22.0 Å². The third kappa shape index (κ3) is 3.09. The van der Waals surface area contributed by atoms with Crippen LogP contribution in [0.2, 0.25) is 0 Å². The molecule has 0 aliphatic heterocycles. The number of rotatable bonds is 4. The first-order valence-electron chi connectivity index (χ1n) is 4.46. The Bertz CT molecular complexity index is 438. The van der Waals surface area contributed by atoms with Crippen molar-refractivity contribution in [1.29, 1.82) is 0 Å². The van der Waals surface area contributed by atoms with E-state index in [1.807, 2.05) is 24.0 Å². The van der Waals surface area contributed by atoms with Gasteiger partial charge < -0.3 is 4.42 Å². The number of halogens is 1. The molecular weight excluding hydrogens is 294 g/mol. The Hall–Kier alpha value is -0.260. The first-order valence-corrected chi connectivity index (χ1v) is 7.23. The van der Waals surface area contributed by atoms with Crippen molar-refractivity contribution in [2.45, 2.75) is 18.4 Å². The van der Waals surface area contributed by atoms with Crippen molar-refractivity contribution in [2.24, 2.45) is 0 Å². The van der Waals surface area contributed by atoms with Crippen LogP contribution in [0.15, 0.2) is 26.7 Å². The lowest BCUT2D eigenvalue weighted by Gasteiger charge is -1.97. The Morgan fingerprint density at radius 2 is 2.40 bits per heavy atom. The normalized spacial score (nSPS) is 10.8. The van der Waals surface area contributed by atoms with Crippen LogP contribution in [0.5, 0.6) is 0 Å². The number of hydrogen-bond acceptors (Lipinski definition) is 4. The van der Waals surface area contributed by atoms with Gasteiger partial charge in [-0.15, -0.1) is 23.1 Å². The minimum absolute atomic E-state index is 0.913. The summed E-state index contributed by atoms with van der Waals surface area (Å²) in [4.78, 5) is 4.28. The van der Waals surface area contributed by atoms with E-state index >= 15 is 0 Å². The Balaban J connectivity index is 1.83. The van der Waals surface area contributed by atoms with E-state index < -0.39 is 0 Å². The van der Waals surface area contributed by atoms with Crippen molar-refractivity contribution < 1.29 is 4.42 Å². The van der Waals surface area contributed by atoms with Crippen LogP contribution in [0.3, 0.4) is 0 Å². The van der Waals surface area contributed by atoms with E-state index in [0.717, 1.165) is 26.1 Å². The van der Waals surface area contributed by atoms with Gasteiger partial charge >= 0.3 is 0 Å². The molecule has 2 heterocycles. The van der Waals surface area contributed by atoms with Crippen molar-refractivity contribution >= 4 is 39.0 Å². The molecule has 0 aromatic carbocycles. The van der Waals surface area contributed by atoms with Gasteiger partial charge in [0.15, 0.2) is 0 Å². The highest BCUT2D eigenvalue weighted by molar-refractivity contribution is 9.11. The average molecular weight is 304 g/mol. The maximum absolute atomic E-state index is 5.36. The van der Waals surface area contributed by atoms with E-state index in [-0.39, 0.29) is 0 Å². The van der Waals surface area contributed by atoms with Gasteiger partial charge in [-0.05, 0) is 34.5 Å². The Morgan fingerprint density at radius 1 is 1.53 bits per heavy atom. The smallest absolute Gasteiger partial charge is 0.116 e. The molecule has 15 heavy (non-hydrogen) atoms. The van der Waals surface area contributed by atoms with Gasteiger partial charge in [0.2, 0.25) is 0 Å². The molecule has 2 aromatic heterocycles. The minimum atomic E-state index is 0.913. The molecule has 0 amide bonds. The highest BCUT2D eigenvalue weighted by Crippen LogP contribution is 2.25. The molecular formula is C10H10BrNOS2. The molecule has 0 radical (unpaired) electrons. The van der Waals surface area contributed by atoms with Crippen LogP contribution in [0, 0.1) is 6.92 Å². The van der Waals surface area contributed by atoms with Crippen molar-refractivity contribution in [3.05, 3.63) is 38.6 Å². The molecule has 0 bridgehead atoms. The summed E-state index contributed by atoms with van der Waals surface area (Å²) in [6, 6.07) is 2.00. The third-order valence-electron chi connectivity index (χ3n) is 1.95. The molecule has 2 rings (SSSR count). The molecule has 0 aliphatic carbocycles. The van der Waals surface area contributed by atoms with Crippen LogP contribution < -0.4 is 0 Å². The number of thioether (sulfide) groups is 1. The third-order valence-corrected chi connectivity index (χ3v) is 4.55. The van der Waals surface area contributed by atoms with Gasteiger partial charge in [0.1, 0.15) is 10.8 Å². The largest absolute Gasteiger partial charge is 0.468 e. The molecule has 0 unspecified atom stereocenters. The predicted octanol–water partition coefficient (Wildman–Crippen LogP) is 4.24. The van der Waals surface area contributed by atoms with Gasteiger partial charge in [-0.2, -0.15) is 0 Å². The number of thiazole rings is 1. The lowest BCUT2D eigenvalue weighted by molar-refractivity contribution is 0.528. The second-order valence-electron chi connectivity index (χ2n) is 3.08. The van der Waals surface area contributed by atoms with Gasteiger partial charge in [-0.1, -0.05) is 0 Å². The van der Waals surface area contributed by atoms with E-state index in [2.05, 4.69) is 27.8 Å². The summed E-state index contributed by atoms with van der Waals surface area (Å²) < 4.78 is 6.45. The van der Waals surface area contributed by atoms with E-state index in [1.54, 1.807) is 17.6 Å². The number of aryl methyl sites for hydroxylation is 1. The van der Waals surface area contributed by atoms with Crippen molar-refractivity contribution in [1.82, 2.24) is 4.98 Å². The fourth-order valence-corrected chi connectivity index (χ4v) is 3.55. The quantitative estimate of drug-likeness (QED) is 0.845. The van der Waals surface area contributed by atoms with E-state index in [1.165, 1.54) is 5.56 Å². The topological polar surface area (TPSA) is 26.0 Å². The molecule has 80 valence electrons. The van der Waals surface area contributed by atoms with Crippen LogP contribution >= 0.6 is 39.0 Å². The van der Waals surface area contributed by atoms with Crippen LogP contribution in [-0.4, -0.2) is 4.98 Å². The van der Waals surface area contributed by atoms with Crippen LogP contribution in [0.25, 0.3) is 0 Å². The molecule has 2 aromatic rings. The van der Waals surface area contributed by atoms with Crippen molar-refractivity contribution in [3.8, 4) is 0 Å². The molecule has 0 fully saturated rings. The Morgan fingerprint density at radius 3 is 3.00 bits per heavy atom. The highest BCUT2D eigenvalue weighted by Gasteiger charge is 2.04. The molecule has 0 aliphatic rings. The second-order valence-corrected chi connectivity index (χ2v) is 6.56. The molecule has 5 heteroatoms. The maximum Gasteiger partial charge on any atom is 0.116 e.